The zero-order valence-electron chi connectivity index (χ0n) is 13.5. The van der Waals surface area contributed by atoms with Crippen molar-refractivity contribution in [3.05, 3.63) is 67.3 Å². The van der Waals surface area contributed by atoms with Crippen LogP contribution in [-0.4, -0.2) is 30.1 Å². The second-order valence-electron chi connectivity index (χ2n) is 5.54. The van der Waals surface area contributed by atoms with Gasteiger partial charge in [0.2, 0.25) is 0 Å². The molecule has 134 valence electrons. The van der Waals surface area contributed by atoms with Gasteiger partial charge in [-0.3, -0.25) is 19.8 Å². The summed E-state index contributed by atoms with van der Waals surface area (Å²) in [5, 5.41) is 13.6. The number of amides is 2. The first-order valence-corrected chi connectivity index (χ1v) is 8.79. The third-order valence-electron chi connectivity index (χ3n) is 3.84. The van der Waals surface area contributed by atoms with Crippen LogP contribution in [0.3, 0.4) is 0 Å². The minimum atomic E-state index is -0.536. The van der Waals surface area contributed by atoms with E-state index in [9.17, 15) is 19.7 Å². The monoisotopic (exact) mass is 467 g/mol. The summed E-state index contributed by atoms with van der Waals surface area (Å²) in [7, 11) is 0. The number of nitrogens with one attached hydrogen (secondary N) is 1. The molecule has 0 unspecified atom stereocenters. The molecule has 0 atom stereocenters. The number of nitro benzene ring substituents is 1. The summed E-state index contributed by atoms with van der Waals surface area (Å²) in [5.74, 6) is -0.399. The van der Waals surface area contributed by atoms with Gasteiger partial charge in [-0.1, -0.05) is 12.1 Å². The van der Waals surface area contributed by atoms with Crippen LogP contribution in [0.1, 0.15) is 15.9 Å². The molecule has 2 aromatic carbocycles. The molecule has 9 heteroatoms. The number of non-ortho nitro benzene ring substituents is 1. The topological polar surface area (TPSA) is 102 Å². The van der Waals surface area contributed by atoms with Gasteiger partial charge in [-0.2, -0.15) is 0 Å². The highest BCUT2D eigenvalue weighted by Gasteiger charge is 2.23. The predicted octanol–water partition coefficient (Wildman–Crippen LogP) is 3.09. The number of halogens is 1. The molecule has 0 saturated carbocycles. The van der Waals surface area contributed by atoms with Gasteiger partial charge in [-0.15, -0.1) is 0 Å². The molecule has 1 heterocycles. The Bertz CT molecular complexity index is 886. The Kier molecular flexibility index (Phi) is 5.35. The molecule has 1 N–H and O–H groups in total. The third-order valence-corrected chi connectivity index (χ3v) is 4.78. The molecule has 1 aliphatic heterocycles. The molecule has 0 aromatic heterocycles. The lowest BCUT2D eigenvalue weighted by atomic mass is 10.1. The molecule has 1 saturated heterocycles. The van der Waals surface area contributed by atoms with Gasteiger partial charge in [0.25, 0.3) is 11.6 Å². The summed E-state index contributed by atoms with van der Waals surface area (Å²) in [5.41, 5.74) is 1.62. The zero-order chi connectivity index (χ0) is 18.7. The molecule has 2 amide bonds. The lowest BCUT2D eigenvalue weighted by molar-refractivity contribution is -0.384. The number of anilines is 1. The van der Waals surface area contributed by atoms with Crippen LogP contribution in [0.15, 0.2) is 42.5 Å². The van der Waals surface area contributed by atoms with Crippen LogP contribution < -0.4 is 10.2 Å². The molecule has 0 radical (unpaired) electrons. The molecule has 0 aliphatic carbocycles. The summed E-state index contributed by atoms with van der Waals surface area (Å²) < 4.78 is 5.55. The molecule has 1 fully saturated rings. The van der Waals surface area contributed by atoms with Crippen molar-refractivity contribution in [1.82, 2.24) is 5.32 Å². The van der Waals surface area contributed by atoms with E-state index in [-0.39, 0.29) is 17.8 Å². The number of benzene rings is 2. The average Bonchev–Trinajstić information content (AvgIpc) is 3.06. The lowest BCUT2D eigenvalue weighted by Gasteiger charge is -2.14. The standard InChI is InChI=1S/C17H14IN3O5/c18-15-5-4-13(21(24)25)9-14(15)16(22)19-10-11-2-1-3-12(8-11)20-6-7-26-17(20)23/h1-5,8-9H,6-7,10H2,(H,19,22). The number of hydrogen-bond acceptors (Lipinski definition) is 5. The Morgan fingerprint density at radius 3 is 2.81 bits per heavy atom. The maximum atomic E-state index is 12.4. The van der Waals surface area contributed by atoms with Crippen molar-refractivity contribution in [2.75, 3.05) is 18.1 Å². The van der Waals surface area contributed by atoms with Crippen LogP contribution >= 0.6 is 22.6 Å². The van der Waals surface area contributed by atoms with Crippen molar-refractivity contribution in [2.24, 2.45) is 0 Å². The smallest absolute Gasteiger partial charge is 0.414 e. The van der Waals surface area contributed by atoms with E-state index in [1.54, 1.807) is 18.2 Å². The summed E-state index contributed by atoms with van der Waals surface area (Å²) in [6, 6.07) is 11.4. The number of carbonyl (C=O) groups is 2. The van der Waals surface area contributed by atoms with Gasteiger partial charge in [0, 0.05) is 27.9 Å². The second-order valence-corrected chi connectivity index (χ2v) is 6.70. The van der Waals surface area contributed by atoms with Crippen LogP contribution in [0.25, 0.3) is 0 Å². The first kappa shape index (κ1) is 18.1. The SMILES string of the molecule is O=C(NCc1cccc(N2CCOC2=O)c1)c1cc([N+](=O)[O-])ccc1I. The Morgan fingerprint density at radius 1 is 1.31 bits per heavy atom. The second kappa shape index (κ2) is 7.68. The van der Waals surface area contributed by atoms with Crippen molar-refractivity contribution < 1.29 is 19.2 Å². The van der Waals surface area contributed by atoms with Crippen molar-refractivity contribution in [3.8, 4) is 0 Å². The van der Waals surface area contributed by atoms with Gasteiger partial charge in [0.15, 0.2) is 0 Å². The largest absolute Gasteiger partial charge is 0.447 e. The van der Waals surface area contributed by atoms with E-state index in [2.05, 4.69) is 5.32 Å². The number of ether oxygens (including phenoxy) is 1. The van der Waals surface area contributed by atoms with Crippen molar-refractivity contribution in [1.29, 1.82) is 0 Å². The minimum Gasteiger partial charge on any atom is -0.447 e. The van der Waals surface area contributed by atoms with Crippen LogP contribution in [0.5, 0.6) is 0 Å². The van der Waals surface area contributed by atoms with E-state index in [4.69, 9.17) is 4.74 Å². The van der Waals surface area contributed by atoms with Crippen LogP contribution in [0, 0.1) is 13.7 Å². The highest BCUT2D eigenvalue weighted by molar-refractivity contribution is 14.1. The van der Waals surface area contributed by atoms with Gasteiger partial charge >= 0.3 is 6.09 Å². The van der Waals surface area contributed by atoms with Gasteiger partial charge in [-0.25, -0.2) is 4.79 Å². The van der Waals surface area contributed by atoms with E-state index < -0.39 is 16.9 Å². The van der Waals surface area contributed by atoms with Gasteiger partial charge in [0.1, 0.15) is 6.61 Å². The maximum absolute atomic E-state index is 12.4. The summed E-state index contributed by atoms with van der Waals surface area (Å²) in [6.07, 6.45) is -0.391. The first-order chi connectivity index (χ1) is 12.5. The predicted molar refractivity (Wildman–Crippen MR) is 102 cm³/mol. The fourth-order valence-electron chi connectivity index (χ4n) is 2.54. The highest BCUT2D eigenvalue weighted by Crippen LogP contribution is 2.21. The van der Waals surface area contributed by atoms with Crippen LogP contribution in [-0.2, 0) is 11.3 Å². The fraction of sp³-hybridized carbons (Fsp3) is 0.176. The first-order valence-electron chi connectivity index (χ1n) is 7.71. The number of nitro groups is 1. The molecular weight excluding hydrogens is 453 g/mol. The average molecular weight is 467 g/mol. The maximum Gasteiger partial charge on any atom is 0.414 e. The van der Waals surface area contributed by atoms with Gasteiger partial charge in [0.05, 0.1) is 17.0 Å². The number of hydrogen-bond donors (Lipinski definition) is 1. The molecule has 8 nitrogen and oxygen atoms in total. The summed E-state index contributed by atoms with van der Waals surface area (Å²) in [6.45, 7) is 1.07. The molecule has 26 heavy (non-hydrogen) atoms. The van der Waals surface area contributed by atoms with Crippen molar-refractivity contribution >= 4 is 46.0 Å². The fourth-order valence-corrected chi connectivity index (χ4v) is 3.12. The molecule has 0 spiro atoms. The van der Waals surface area contributed by atoms with Crippen molar-refractivity contribution in [3.63, 3.8) is 0 Å². The highest BCUT2D eigenvalue weighted by atomic mass is 127. The molecule has 0 bridgehead atoms. The normalized spacial score (nSPS) is 13.4. The Balaban J connectivity index is 1.71. The Morgan fingerprint density at radius 2 is 2.12 bits per heavy atom. The number of rotatable bonds is 5. The quantitative estimate of drug-likeness (QED) is 0.414. The van der Waals surface area contributed by atoms with Gasteiger partial charge < -0.3 is 10.1 Å². The zero-order valence-corrected chi connectivity index (χ0v) is 15.6. The summed E-state index contributed by atoms with van der Waals surface area (Å²) >= 11 is 1.96. The lowest BCUT2D eigenvalue weighted by Crippen LogP contribution is -2.25. The van der Waals surface area contributed by atoms with Crippen LogP contribution in [0.4, 0.5) is 16.2 Å². The van der Waals surface area contributed by atoms with E-state index >= 15 is 0 Å². The Labute approximate surface area is 162 Å². The number of cyclic esters (lactones) is 1. The Hall–Kier alpha value is -2.69. The molecular formula is C17H14IN3O5. The number of nitrogens with zero attached hydrogens (tertiary/aromatic N) is 2. The van der Waals surface area contributed by atoms with E-state index in [1.165, 1.54) is 23.1 Å². The number of carbonyl (C=O) groups excluding carboxylic acids is 2. The molecule has 2 aromatic rings. The van der Waals surface area contributed by atoms with Gasteiger partial charge in [-0.05, 0) is 46.4 Å². The van der Waals surface area contributed by atoms with E-state index in [0.29, 0.717) is 22.4 Å². The summed E-state index contributed by atoms with van der Waals surface area (Å²) in [4.78, 5) is 35.9. The van der Waals surface area contributed by atoms with E-state index in [1.807, 2.05) is 28.7 Å². The van der Waals surface area contributed by atoms with Crippen molar-refractivity contribution in [2.45, 2.75) is 6.54 Å². The minimum absolute atomic E-state index is 0.134. The third kappa shape index (κ3) is 3.93. The molecule has 1 aliphatic rings. The van der Waals surface area contributed by atoms with E-state index in [0.717, 1.165) is 5.56 Å². The van der Waals surface area contributed by atoms with Crippen LogP contribution in [0.2, 0.25) is 0 Å². The molecule has 3 rings (SSSR count).